The fourth-order valence-electron chi connectivity index (χ4n) is 3.05. The molecule has 2 rings (SSSR count). The Labute approximate surface area is 166 Å². The maximum atomic E-state index is 12.3. The van der Waals surface area contributed by atoms with Crippen LogP contribution in [0.4, 0.5) is 5.69 Å². The monoisotopic (exact) mass is 386 g/mol. The highest BCUT2D eigenvalue weighted by molar-refractivity contribution is 6.30. The first kappa shape index (κ1) is 21.0. The highest BCUT2D eigenvalue weighted by Crippen LogP contribution is 2.31. The largest absolute Gasteiger partial charge is 0.352 e. The van der Waals surface area contributed by atoms with Crippen LogP contribution in [0, 0.1) is 6.92 Å². The van der Waals surface area contributed by atoms with Crippen LogP contribution in [0.5, 0.6) is 0 Å². The highest BCUT2D eigenvalue weighted by Gasteiger charge is 2.20. The molecular weight excluding hydrogens is 360 g/mol. The number of nitrogens with one attached hydrogen (secondary N) is 1. The van der Waals surface area contributed by atoms with Gasteiger partial charge in [-0.25, -0.2) is 0 Å². The summed E-state index contributed by atoms with van der Waals surface area (Å²) in [4.78, 5) is 26.3. The molecule has 0 heterocycles. The molecule has 0 aliphatic heterocycles. The molecule has 5 heteroatoms. The molecule has 0 spiro atoms. The van der Waals surface area contributed by atoms with E-state index < -0.39 is 0 Å². The van der Waals surface area contributed by atoms with E-state index in [1.54, 1.807) is 24.0 Å². The van der Waals surface area contributed by atoms with Crippen molar-refractivity contribution in [1.82, 2.24) is 5.32 Å². The molecular formula is C22H27ClN2O2. The number of halogens is 1. The van der Waals surface area contributed by atoms with E-state index in [4.69, 9.17) is 11.6 Å². The molecule has 0 aliphatic carbocycles. The van der Waals surface area contributed by atoms with Gasteiger partial charge < -0.3 is 10.2 Å². The summed E-state index contributed by atoms with van der Waals surface area (Å²) in [6.07, 6.45) is 0.249. The topological polar surface area (TPSA) is 49.4 Å². The minimum Gasteiger partial charge on any atom is -0.352 e. The summed E-state index contributed by atoms with van der Waals surface area (Å²) in [6.45, 7) is 8.55. The number of carbonyl (C=O) groups is 2. The number of carbonyl (C=O) groups excluding carboxylic acids is 2. The van der Waals surface area contributed by atoms with Crippen LogP contribution in [0.15, 0.2) is 42.5 Å². The van der Waals surface area contributed by atoms with Gasteiger partial charge in [-0.05, 0) is 41.7 Å². The van der Waals surface area contributed by atoms with Crippen molar-refractivity contribution in [3.8, 4) is 0 Å². The molecule has 0 unspecified atom stereocenters. The van der Waals surface area contributed by atoms with Gasteiger partial charge in [-0.1, -0.05) is 55.8 Å². The van der Waals surface area contributed by atoms with Crippen molar-refractivity contribution in [2.45, 2.75) is 46.6 Å². The molecule has 1 N–H and O–H groups in total. The molecule has 2 aromatic carbocycles. The maximum Gasteiger partial charge on any atom is 0.223 e. The molecule has 0 saturated carbocycles. The van der Waals surface area contributed by atoms with E-state index in [-0.39, 0.29) is 18.2 Å². The first-order valence-corrected chi connectivity index (χ1v) is 9.56. The highest BCUT2D eigenvalue weighted by atomic mass is 35.5. The van der Waals surface area contributed by atoms with E-state index in [9.17, 15) is 9.59 Å². The molecule has 0 bridgehead atoms. The van der Waals surface area contributed by atoms with E-state index in [1.807, 2.05) is 37.3 Å². The third kappa shape index (κ3) is 5.83. The van der Waals surface area contributed by atoms with E-state index in [0.29, 0.717) is 24.0 Å². The summed E-state index contributed by atoms with van der Waals surface area (Å²) in [5.41, 5.74) is 4.06. The molecule has 0 saturated heterocycles. The van der Waals surface area contributed by atoms with Crippen LogP contribution < -0.4 is 10.2 Å². The van der Waals surface area contributed by atoms with Crippen LogP contribution in [-0.2, 0) is 16.1 Å². The second-order valence-corrected chi connectivity index (χ2v) is 7.43. The van der Waals surface area contributed by atoms with Crippen LogP contribution >= 0.6 is 11.6 Å². The molecule has 0 atom stereocenters. The molecule has 2 amide bonds. The smallest absolute Gasteiger partial charge is 0.223 e. The Morgan fingerprint density at radius 1 is 1.11 bits per heavy atom. The number of amides is 2. The van der Waals surface area contributed by atoms with E-state index in [1.165, 1.54) is 0 Å². The fourth-order valence-corrected chi connectivity index (χ4v) is 3.17. The Balaban J connectivity index is 2.04. The van der Waals surface area contributed by atoms with Gasteiger partial charge in [0.1, 0.15) is 0 Å². The molecule has 27 heavy (non-hydrogen) atoms. The standard InChI is InChI=1S/C22H27ClN2O2/c1-15(2)20-7-5-6-16(3)22(20)25(17(4)26)13-12-21(27)24-14-18-8-10-19(23)11-9-18/h5-11,15H,12-14H2,1-4H3,(H,24,27). The quantitative estimate of drug-likeness (QED) is 0.740. The molecule has 0 fully saturated rings. The number of benzene rings is 2. The van der Waals surface area contributed by atoms with Crippen LogP contribution in [0.25, 0.3) is 0 Å². The number of rotatable bonds is 7. The Kier molecular flexibility index (Phi) is 7.43. The Hall–Kier alpha value is -2.33. The SMILES string of the molecule is CC(=O)N(CCC(=O)NCc1ccc(Cl)cc1)c1c(C)cccc1C(C)C. The number of para-hydroxylation sites is 1. The number of aryl methyl sites for hydroxylation is 1. The molecule has 0 radical (unpaired) electrons. The molecule has 0 aromatic heterocycles. The Bertz CT molecular complexity index is 800. The maximum absolute atomic E-state index is 12.3. The summed E-state index contributed by atoms with van der Waals surface area (Å²) in [5, 5.41) is 3.56. The van der Waals surface area contributed by atoms with E-state index >= 15 is 0 Å². The summed E-state index contributed by atoms with van der Waals surface area (Å²) in [5.74, 6) is 0.146. The minimum atomic E-state index is -0.0871. The second-order valence-electron chi connectivity index (χ2n) is 6.99. The van der Waals surface area contributed by atoms with Crippen molar-refractivity contribution in [3.63, 3.8) is 0 Å². The van der Waals surface area contributed by atoms with Crippen molar-refractivity contribution >= 4 is 29.1 Å². The molecule has 4 nitrogen and oxygen atoms in total. The van der Waals surface area contributed by atoms with Crippen molar-refractivity contribution in [3.05, 3.63) is 64.2 Å². The zero-order chi connectivity index (χ0) is 20.0. The summed E-state index contributed by atoms with van der Waals surface area (Å²) in [6, 6.07) is 13.4. The fraction of sp³-hybridized carbons (Fsp3) is 0.364. The van der Waals surface area contributed by atoms with E-state index in [0.717, 1.165) is 22.4 Å². The second kappa shape index (κ2) is 9.56. The zero-order valence-electron chi connectivity index (χ0n) is 16.4. The predicted octanol–water partition coefficient (Wildman–Crippen LogP) is 4.83. The summed E-state index contributed by atoms with van der Waals surface area (Å²) >= 11 is 5.87. The first-order chi connectivity index (χ1) is 12.8. The molecule has 2 aromatic rings. The summed E-state index contributed by atoms with van der Waals surface area (Å²) in [7, 11) is 0. The van der Waals surface area contributed by atoms with Crippen LogP contribution in [-0.4, -0.2) is 18.4 Å². The number of anilines is 1. The van der Waals surface area contributed by atoms with Gasteiger partial charge in [0.15, 0.2) is 0 Å². The lowest BCUT2D eigenvalue weighted by Crippen LogP contribution is -2.35. The third-order valence-corrected chi connectivity index (χ3v) is 4.76. The first-order valence-electron chi connectivity index (χ1n) is 9.18. The van der Waals surface area contributed by atoms with E-state index in [2.05, 4.69) is 19.2 Å². The van der Waals surface area contributed by atoms with Crippen molar-refractivity contribution < 1.29 is 9.59 Å². The average Bonchev–Trinajstić information content (AvgIpc) is 2.62. The van der Waals surface area contributed by atoms with Crippen LogP contribution in [0.3, 0.4) is 0 Å². The van der Waals surface area contributed by atoms with Crippen molar-refractivity contribution in [2.24, 2.45) is 0 Å². The number of hydrogen-bond donors (Lipinski definition) is 1. The van der Waals surface area contributed by atoms with Gasteiger partial charge in [0.05, 0.1) is 0 Å². The third-order valence-electron chi connectivity index (χ3n) is 4.51. The van der Waals surface area contributed by atoms with Gasteiger partial charge >= 0.3 is 0 Å². The lowest BCUT2D eigenvalue weighted by Gasteiger charge is -2.27. The average molecular weight is 387 g/mol. The van der Waals surface area contributed by atoms with Crippen LogP contribution in [0.1, 0.15) is 49.8 Å². The Morgan fingerprint density at radius 2 is 1.78 bits per heavy atom. The van der Waals surface area contributed by atoms with Gasteiger partial charge in [0.25, 0.3) is 0 Å². The predicted molar refractivity (Wildman–Crippen MR) is 111 cm³/mol. The van der Waals surface area contributed by atoms with Gasteiger partial charge in [-0.15, -0.1) is 0 Å². The lowest BCUT2D eigenvalue weighted by molar-refractivity contribution is -0.121. The van der Waals surface area contributed by atoms with Gasteiger partial charge in [-0.2, -0.15) is 0 Å². The lowest BCUT2D eigenvalue weighted by atomic mass is 9.97. The normalized spacial score (nSPS) is 10.7. The molecule has 0 aliphatic rings. The summed E-state index contributed by atoms with van der Waals surface area (Å²) < 4.78 is 0. The van der Waals surface area contributed by atoms with Crippen molar-refractivity contribution in [1.29, 1.82) is 0 Å². The van der Waals surface area contributed by atoms with Crippen molar-refractivity contribution in [2.75, 3.05) is 11.4 Å². The number of nitrogens with zero attached hydrogens (tertiary/aromatic N) is 1. The number of hydrogen-bond acceptors (Lipinski definition) is 2. The Morgan fingerprint density at radius 3 is 2.37 bits per heavy atom. The minimum absolute atomic E-state index is 0.0586. The van der Waals surface area contributed by atoms with Gasteiger partial charge in [-0.3, -0.25) is 9.59 Å². The zero-order valence-corrected chi connectivity index (χ0v) is 17.1. The van der Waals surface area contributed by atoms with Gasteiger partial charge in [0, 0.05) is 37.1 Å². The van der Waals surface area contributed by atoms with Crippen LogP contribution in [0.2, 0.25) is 5.02 Å². The van der Waals surface area contributed by atoms with Gasteiger partial charge in [0.2, 0.25) is 11.8 Å². The molecule has 144 valence electrons.